The van der Waals surface area contributed by atoms with Gasteiger partial charge in [0.05, 0.1) is 12.8 Å². The molecule has 1 aliphatic carbocycles. The van der Waals surface area contributed by atoms with E-state index in [1.807, 2.05) is 36.4 Å². The van der Waals surface area contributed by atoms with Crippen molar-refractivity contribution in [2.45, 2.75) is 43.0 Å². The van der Waals surface area contributed by atoms with Crippen LogP contribution in [0, 0.1) is 0 Å². The second-order valence-corrected chi connectivity index (χ2v) is 7.75. The van der Waals surface area contributed by atoms with E-state index in [0.717, 1.165) is 52.7 Å². The Hall–Kier alpha value is -1.98. The number of aromatic nitrogens is 2. The molecule has 2 heterocycles. The highest BCUT2D eigenvalue weighted by Gasteiger charge is 2.21. The lowest BCUT2D eigenvalue weighted by molar-refractivity contribution is 0.471. The summed E-state index contributed by atoms with van der Waals surface area (Å²) in [5.41, 5.74) is 3.17. The zero-order valence-electron chi connectivity index (χ0n) is 14.3. The minimum Gasteiger partial charge on any atom is -0.467 e. The average Bonchev–Trinajstić information content (AvgIpc) is 3.17. The average molecular weight is 387 g/mol. The molecule has 0 N–H and O–H groups in total. The Bertz CT molecular complexity index is 966. The predicted octanol–water partition coefficient (Wildman–Crippen LogP) is 4.71. The molecular weight excluding hydrogens is 368 g/mol. The standard InChI is InChI=1S/C20H19ClN2O2S/c21-17-9-3-1-6-14(17)13-26-19-16-8-2-4-10-18(16)23(20(24)22-19)12-15-7-5-11-25-15/h1,3,5-7,9,11H,2,4,8,10,12-13H2. The van der Waals surface area contributed by atoms with Crippen molar-refractivity contribution in [2.24, 2.45) is 0 Å². The first kappa shape index (κ1) is 17.4. The van der Waals surface area contributed by atoms with Gasteiger partial charge >= 0.3 is 5.69 Å². The van der Waals surface area contributed by atoms with Crippen LogP contribution in [0.1, 0.15) is 35.4 Å². The van der Waals surface area contributed by atoms with Crippen LogP contribution in [0.2, 0.25) is 5.02 Å². The molecule has 0 saturated heterocycles. The van der Waals surface area contributed by atoms with Gasteiger partial charge in [0, 0.05) is 22.0 Å². The van der Waals surface area contributed by atoms with Gasteiger partial charge in [-0.05, 0) is 49.4 Å². The fourth-order valence-corrected chi connectivity index (χ4v) is 4.71. The van der Waals surface area contributed by atoms with E-state index < -0.39 is 0 Å². The molecular formula is C20H19ClN2O2S. The molecule has 26 heavy (non-hydrogen) atoms. The van der Waals surface area contributed by atoms with Crippen LogP contribution in [0.4, 0.5) is 0 Å². The number of fused-ring (bicyclic) bond motifs is 1. The molecule has 134 valence electrons. The number of furan rings is 1. The molecule has 4 rings (SSSR count). The van der Waals surface area contributed by atoms with E-state index in [2.05, 4.69) is 4.98 Å². The van der Waals surface area contributed by atoms with Crippen molar-refractivity contribution in [2.75, 3.05) is 0 Å². The molecule has 0 spiro atoms. The fourth-order valence-electron chi connectivity index (χ4n) is 3.35. The Morgan fingerprint density at radius 3 is 2.81 bits per heavy atom. The first-order valence-electron chi connectivity index (χ1n) is 8.73. The molecule has 0 unspecified atom stereocenters. The van der Waals surface area contributed by atoms with Crippen LogP contribution >= 0.6 is 23.4 Å². The summed E-state index contributed by atoms with van der Waals surface area (Å²) in [5, 5.41) is 1.60. The zero-order valence-corrected chi connectivity index (χ0v) is 15.9. The zero-order chi connectivity index (χ0) is 17.9. The Morgan fingerprint density at radius 2 is 2.00 bits per heavy atom. The summed E-state index contributed by atoms with van der Waals surface area (Å²) < 4.78 is 7.20. The number of nitrogens with zero attached hydrogens (tertiary/aromatic N) is 2. The van der Waals surface area contributed by atoms with Gasteiger partial charge in [-0.15, -0.1) is 11.8 Å². The van der Waals surface area contributed by atoms with E-state index in [9.17, 15) is 4.79 Å². The Morgan fingerprint density at radius 1 is 1.15 bits per heavy atom. The summed E-state index contributed by atoms with van der Waals surface area (Å²) in [6.07, 6.45) is 5.74. The molecule has 1 aliphatic rings. The Labute approximate surface area is 161 Å². The van der Waals surface area contributed by atoms with Crippen LogP contribution in [-0.4, -0.2) is 9.55 Å². The normalized spacial score (nSPS) is 13.6. The molecule has 0 saturated carbocycles. The molecule has 0 fully saturated rings. The molecule has 0 atom stereocenters. The van der Waals surface area contributed by atoms with Crippen LogP contribution in [0.3, 0.4) is 0 Å². The van der Waals surface area contributed by atoms with E-state index >= 15 is 0 Å². The first-order valence-corrected chi connectivity index (χ1v) is 10.1. The minimum atomic E-state index is -0.205. The highest BCUT2D eigenvalue weighted by atomic mass is 35.5. The van der Waals surface area contributed by atoms with Gasteiger partial charge in [-0.1, -0.05) is 29.8 Å². The molecule has 0 radical (unpaired) electrons. The highest BCUT2D eigenvalue weighted by molar-refractivity contribution is 7.98. The van der Waals surface area contributed by atoms with Crippen LogP contribution in [0.15, 0.2) is 56.9 Å². The third kappa shape index (κ3) is 3.60. The maximum Gasteiger partial charge on any atom is 0.349 e. The third-order valence-electron chi connectivity index (χ3n) is 4.67. The second-order valence-electron chi connectivity index (χ2n) is 6.38. The molecule has 4 nitrogen and oxygen atoms in total. The summed E-state index contributed by atoms with van der Waals surface area (Å²) in [6, 6.07) is 11.5. The maximum absolute atomic E-state index is 12.7. The summed E-state index contributed by atoms with van der Waals surface area (Å²) in [4.78, 5) is 17.1. The van der Waals surface area contributed by atoms with Crippen LogP contribution < -0.4 is 5.69 Å². The van der Waals surface area contributed by atoms with Crippen molar-refractivity contribution in [1.29, 1.82) is 0 Å². The molecule has 3 aromatic rings. The van der Waals surface area contributed by atoms with Crippen molar-refractivity contribution >= 4 is 23.4 Å². The number of halogens is 1. The molecule has 0 bridgehead atoms. The monoisotopic (exact) mass is 386 g/mol. The van der Waals surface area contributed by atoms with E-state index in [1.165, 1.54) is 5.56 Å². The van der Waals surface area contributed by atoms with Crippen molar-refractivity contribution in [3.05, 3.63) is 80.7 Å². The maximum atomic E-state index is 12.7. The second kappa shape index (κ2) is 7.72. The topological polar surface area (TPSA) is 48.0 Å². The van der Waals surface area contributed by atoms with Crippen LogP contribution in [0.25, 0.3) is 0 Å². The number of hydrogen-bond acceptors (Lipinski definition) is 4. The van der Waals surface area contributed by atoms with E-state index in [4.69, 9.17) is 16.0 Å². The van der Waals surface area contributed by atoms with Gasteiger partial charge in [0.1, 0.15) is 10.8 Å². The van der Waals surface area contributed by atoms with Gasteiger partial charge in [0.2, 0.25) is 0 Å². The largest absolute Gasteiger partial charge is 0.467 e. The van der Waals surface area contributed by atoms with Gasteiger partial charge in [-0.25, -0.2) is 4.79 Å². The summed E-state index contributed by atoms with van der Waals surface area (Å²) in [5.74, 6) is 1.49. The summed E-state index contributed by atoms with van der Waals surface area (Å²) in [6.45, 7) is 0.441. The van der Waals surface area contributed by atoms with Gasteiger partial charge in [-0.2, -0.15) is 4.98 Å². The van der Waals surface area contributed by atoms with Gasteiger partial charge < -0.3 is 4.42 Å². The minimum absolute atomic E-state index is 0.205. The number of thioether (sulfide) groups is 1. The quantitative estimate of drug-likeness (QED) is 0.470. The molecule has 6 heteroatoms. The lowest BCUT2D eigenvalue weighted by Crippen LogP contribution is -2.30. The van der Waals surface area contributed by atoms with E-state index in [0.29, 0.717) is 12.3 Å². The molecule has 1 aromatic carbocycles. The van der Waals surface area contributed by atoms with Crippen molar-refractivity contribution in [1.82, 2.24) is 9.55 Å². The third-order valence-corrected chi connectivity index (χ3v) is 6.10. The van der Waals surface area contributed by atoms with E-state index in [1.54, 1.807) is 22.6 Å². The van der Waals surface area contributed by atoms with Gasteiger partial charge in [0.15, 0.2) is 0 Å². The van der Waals surface area contributed by atoms with Gasteiger partial charge in [-0.3, -0.25) is 4.57 Å². The SMILES string of the molecule is O=c1nc(SCc2ccccc2Cl)c2c(n1Cc1ccco1)CCCC2. The van der Waals surface area contributed by atoms with Crippen LogP contribution in [-0.2, 0) is 25.1 Å². The van der Waals surface area contributed by atoms with Crippen molar-refractivity contribution < 1.29 is 4.42 Å². The van der Waals surface area contributed by atoms with Crippen molar-refractivity contribution in [3.8, 4) is 0 Å². The summed E-state index contributed by atoms with van der Waals surface area (Å²) in [7, 11) is 0. The first-order chi connectivity index (χ1) is 12.7. The van der Waals surface area contributed by atoms with E-state index in [-0.39, 0.29) is 5.69 Å². The lowest BCUT2D eigenvalue weighted by Gasteiger charge is -2.22. The molecule has 0 amide bonds. The number of rotatable bonds is 5. The number of hydrogen-bond donors (Lipinski definition) is 0. The predicted molar refractivity (Wildman–Crippen MR) is 104 cm³/mol. The highest BCUT2D eigenvalue weighted by Crippen LogP contribution is 2.32. The van der Waals surface area contributed by atoms with Crippen molar-refractivity contribution in [3.63, 3.8) is 0 Å². The Kier molecular flexibility index (Phi) is 5.18. The van der Waals surface area contributed by atoms with Gasteiger partial charge in [0.25, 0.3) is 0 Å². The van der Waals surface area contributed by atoms with Crippen LogP contribution in [0.5, 0.6) is 0 Å². The molecule has 2 aromatic heterocycles. The Balaban J connectivity index is 1.66. The summed E-state index contributed by atoms with van der Waals surface area (Å²) >= 11 is 7.86. The fraction of sp³-hybridized carbons (Fsp3) is 0.300. The number of benzene rings is 1. The molecule has 0 aliphatic heterocycles. The smallest absolute Gasteiger partial charge is 0.349 e. The lowest BCUT2D eigenvalue weighted by atomic mass is 9.97.